The van der Waals surface area contributed by atoms with Gasteiger partial charge in [0.15, 0.2) is 5.96 Å². The zero-order valence-corrected chi connectivity index (χ0v) is 13.7. The average molecular weight is 317 g/mol. The minimum Gasteiger partial charge on any atom is -0.357 e. The Labute approximate surface area is 136 Å². The lowest BCUT2D eigenvalue weighted by atomic mass is 10.1. The number of H-pyrrole nitrogens is 1. The standard InChI is InChI=1S/C17H24FN5/c1-3-19-17(21-11-14-6-4-8-16(18)10-14)20-9-5-7-15-12-22-23-13(15)2/h4,6,8,10,12H,3,5,7,9,11H2,1-2H3,(H,22,23)(H2,19,20,21). The molecular weight excluding hydrogens is 293 g/mol. The van der Waals surface area contributed by atoms with Gasteiger partial charge in [-0.2, -0.15) is 5.10 Å². The van der Waals surface area contributed by atoms with E-state index >= 15 is 0 Å². The summed E-state index contributed by atoms with van der Waals surface area (Å²) >= 11 is 0. The smallest absolute Gasteiger partial charge is 0.191 e. The van der Waals surface area contributed by atoms with Gasteiger partial charge in [0.05, 0.1) is 12.7 Å². The van der Waals surface area contributed by atoms with Crippen molar-refractivity contribution in [1.29, 1.82) is 0 Å². The predicted molar refractivity (Wildman–Crippen MR) is 90.9 cm³/mol. The van der Waals surface area contributed by atoms with E-state index in [4.69, 9.17) is 0 Å². The molecule has 2 rings (SSSR count). The van der Waals surface area contributed by atoms with E-state index in [0.717, 1.165) is 43.1 Å². The summed E-state index contributed by atoms with van der Waals surface area (Å²) in [5.41, 5.74) is 3.22. The number of aromatic amines is 1. The number of halogens is 1. The van der Waals surface area contributed by atoms with Crippen molar-refractivity contribution >= 4 is 5.96 Å². The largest absolute Gasteiger partial charge is 0.357 e. The lowest BCUT2D eigenvalue weighted by Crippen LogP contribution is -2.37. The van der Waals surface area contributed by atoms with Gasteiger partial charge in [0.2, 0.25) is 0 Å². The highest BCUT2D eigenvalue weighted by molar-refractivity contribution is 5.79. The van der Waals surface area contributed by atoms with Crippen molar-refractivity contribution in [2.24, 2.45) is 4.99 Å². The molecule has 0 saturated heterocycles. The van der Waals surface area contributed by atoms with Crippen LogP contribution < -0.4 is 10.6 Å². The van der Waals surface area contributed by atoms with Gasteiger partial charge in [0, 0.05) is 18.8 Å². The minimum atomic E-state index is -0.230. The van der Waals surface area contributed by atoms with E-state index in [1.54, 1.807) is 6.07 Å². The summed E-state index contributed by atoms with van der Waals surface area (Å²) in [6.07, 6.45) is 3.84. The fourth-order valence-corrected chi connectivity index (χ4v) is 2.26. The second-order valence-corrected chi connectivity index (χ2v) is 5.38. The Hall–Kier alpha value is -2.37. The fraction of sp³-hybridized carbons (Fsp3) is 0.412. The van der Waals surface area contributed by atoms with Crippen molar-refractivity contribution in [2.75, 3.05) is 13.1 Å². The van der Waals surface area contributed by atoms with Crippen LogP contribution >= 0.6 is 0 Å². The number of aliphatic imine (C=N–C) groups is 1. The number of guanidine groups is 1. The Bertz CT molecular complexity index is 635. The monoisotopic (exact) mass is 317 g/mol. The van der Waals surface area contributed by atoms with Gasteiger partial charge in [0.1, 0.15) is 5.82 Å². The van der Waals surface area contributed by atoms with Crippen LogP contribution in [0.3, 0.4) is 0 Å². The van der Waals surface area contributed by atoms with Crippen molar-refractivity contribution in [1.82, 2.24) is 20.8 Å². The van der Waals surface area contributed by atoms with Gasteiger partial charge in [-0.1, -0.05) is 12.1 Å². The molecule has 23 heavy (non-hydrogen) atoms. The minimum absolute atomic E-state index is 0.230. The van der Waals surface area contributed by atoms with Gasteiger partial charge in [-0.05, 0) is 49.9 Å². The highest BCUT2D eigenvalue weighted by atomic mass is 19.1. The maximum atomic E-state index is 13.2. The number of aryl methyl sites for hydroxylation is 2. The molecule has 2 aromatic rings. The second kappa shape index (κ2) is 8.92. The van der Waals surface area contributed by atoms with E-state index in [-0.39, 0.29) is 5.82 Å². The van der Waals surface area contributed by atoms with Crippen LogP contribution in [0, 0.1) is 12.7 Å². The summed E-state index contributed by atoms with van der Waals surface area (Å²) in [5, 5.41) is 13.5. The Morgan fingerprint density at radius 2 is 2.22 bits per heavy atom. The molecule has 3 N–H and O–H groups in total. The van der Waals surface area contributed by atoms with Crippen LogP contribution in [0.2, 0.25) is 0 Å². The van der Waals surface area contributed by atoms with E-state index in [1.807, 2.05) is 26.1 Å². The average Bonchev–Trinajstić information content (AvgIpc) is 2.94. The highest BCUT2D eigenvalue weighted by Gasteiger charge is 2.01. The Kier molecular flexibility index (Phi) is 6.59. The molecule has 0 bridgehead atoms. The summed E-state index contributed by atoms with van der Waals surface area (Å²) in [6, 6.07) is 6.52. The van der Waals surface area contributed by atoms with Gasteiger partial charge in [-0.25, -0.2) is 9.38 Å². The molecule has 124 valence electrons. The first-order valence-corrected chi connectivity index (χ1v) is 7.94. The van der Waals surface area contributed by atoms with Crippen LogP contribution in [0.15, 0.2) is 35.5 Å². The molecule has 1 aromatic carbocycles. The molecule has 0 amide bonds. The zero-order chi connectivity index (χ0) is 16.5. The molecule has 0 atom stereocenters. The lowest BCUT2D eigenvalue weighted by molar-refractivity contribution is 0.625. The predicted octanol–water partition coefficient (Wildman–Crippen LogP) is 2.55. The van der Waals surface area contributed by atoms with Crippen molar-refractivity contribution < 1.29 is 4.39 Å². The van der Waals surface area contributed by atoms with Gasteiger partial charge >= 0.3 is 0 Å². The first-order chi connectivity index (χ1) is 11.2. The molecule has 0 aliphatic heterocycles. The van der Waals surface area contributed by atoms with Crippen molar-refractivity contribution in [3.05, 3.63) is 53.1 Å². The molecule has 1 heterocycles. The number of aromatic nitrogens is 2. The van der Waals surface area contributed by atoms with Crippen molar-refractivity contribution in [3.63, 3.8) is 0 Å². The normalized spacial score (nSPS) is 11.5. The van der Waals surface area contributed by atoms with E-state index in [0.29, 0.717) is 6.54 Å². The molecule has 1 aromatic heterocycles. The van der Waals surface area contributed by atoms with Crippen molar-refractivity contribution in [3.8, 4) is 0 Å². The molecule has 0 radical (unpaired) electrons. The van der Waals surface area contributed by atoms with Crippen LogP contribution in [0.25, 0.3) is 0 Å². The maximum Gasteiger partial charge on any atom is 0.191 e. The topological polar surface area (TPSA) is 65.1 Å². The van der Waals surface area contributed by atoms with Crippen LogP contribution in [0.5, 0.6) is 0 Å². The summed E-state index contributed by atoms with van der Waals surface area (Å²) in [7, 11) is 0. The molecule has 0 spiro atoms. The highest BCUT2D eigenvalue weighted by Crippen LogP contribution is 2.06. The third-order valence-corrected chi connectivity index (χ3v) is 3.50. The number of hydrogen-bond donors (Lipinski definition) is 3. The quantitative estimate of drug-likeness (QED) is 0.418. The summed E-state index contributed by atoms with van der Waals surface area (Å²) in [5.74, 6) is 0.520. The van der Waals surface area contributed by atoms with E-state index in [1.165, 1.54) is 17.7 Å². The number of benzene rings is 1. The number of hydrogen-bond acceptors (Lipinski definition) is 2. The molecule has 0 aliphatic carbocycles. The van der Waals surface area contributed by atoms with E-state index < -0.39 is 0 Å². The SMILES string of the molecule is CCNC(=NCc1cccc(F)c1)NCCCc1cn[nH]c1C. The molecule has 0 aliphatic rings. The fourth-order valence-electron chi connectivity index (χ4n) is 2.26. The molecule has 0 fully saturated rings. The zero-order valence-electron chi connectivity index (χ0n) is 13.7. The van der Waals surface area contributed by atoms with Crippen LogP contribution in [-0.4, -0.2) is 29.2 Å². The van der Waals surface area contributed by atoms with Crippen LogP contribution in [0.1, 0.15) is 30.2 Å². The number of rotatable bonds is 7. The van der Waals surface area contributed by atoms with Gasteiger partial charge in [0.25, 0.3) is 0 Å². The van der Waals surface area contributed by atoms with E-state index in [2.05, 4.69) is 25.8 Å². The summed E-state index contributed by atoms with van der Waals surface area (Å²) < 4.78 is 13.2. The third kappa shape index (κ3) is 5.73. The second-order valence-electron chi connectivity index (χ2n) is 5.38. The number of nitrogens with zero attached hydrogens (tertiary/aromatic N) is 2. The molecular formula is C17H24FN5. The Morgan fingerprint density at radius 3 is 2.91 bits per heavy atom. The van der Waals surface area contributed by atoms with Crippen LogP contribution in [0.4, 0.5) is 4.39 Å². The molecule has 0 saturated carbocycles. The third-order valence-electron chi connectivity index (χ3n) is 3.50. The summed E-state index contributed by atoms with van der Waals surface area (Å²) in [6.45, 7) is 6.11. The van der Waals surface area contributed by atoms with Gasteiger partial charge < -0.3 is 10.6 Å². The molecule has 0 unspecified atom stereocenters. The van der Waals surface area contributed by atoms with E-state index in [9.17, 15) is 4.39 Å². The lowest BCUT2D eigenvalue weighted by Gasteiger charge is -2.11. The van der Waals surface area contributed by atoms with Gasteiger partial charge in [-0.3, -0.25) is 5.10 Å². The van der Waals surface area contributed by atoms with Crippen molar-refractivity contribution in [2.45, 2.75) is 33.2 Å². The number of nitrogens with one attached hydrogen (secondary N) is 3. The first-order valence-electron chi connectivity index (χ1n) is 7.94. The Balaban J connectivity index is 1.80. The summed E-state index contributed by atoms with van der Waals surface area (Å²) in [4.78, 5) is 4.49. The van der Waals surface area contributed by atoms with Crippen LogP contribution in [-0.2, 0) is 13.0 Å². The molecule has 6 heteroatoms. The first kappa shape index (κ1) is 17.0. The maximum absolute atomic E-state index is 13.2. The molecule has 5 nitrogen and oxygen atoms in total. The van der Waals surface area contributed by atoms with Gasteiger partial charge in [-0.15, -0.1) is 0 Å². The Morgan fingerprint density at radius 1 is 1.35 bits per heavy atom.